The number of aromatic nitrogens is 1. The lowest BCUT2D eigenvalue weighted by Gasteiger charge is -2.20. The van der Waals surface area contributed by atoms with Gasteiger partial charge in [-0.05, 0) is 45.0 Å². The summed E-state index contributed by atoms with van der Waals surface area (Å²) >= 11 is 6.01. The van der Waals surface area contributed by atoms with Gasteiger partial charge in [-0.25, -0.2) is 0 Å². The minimum atomic E-state index is -0.427. The molecule has 0 saturated carbocycles. The van der Waals surface area contributed by atoms with Gasteiger partial charge in [-0.15, -0.1) is 0 Å². The van der Waals surface area contributed by atoms with Crippen molar-refractivity contribution in [3.63, 3.8) is 0 Å². The molecule has 1 aromatic carbocycles. The molecule has 5 nitrogen and oxygen atoms in total. The van der Waals surface area contributed by atoms with Crippen LogP contribution in [-0.4, -0.2) is 22.3 Å². The highest BCUT2D eigenvalue weighted by molar-refractivity contribution is 6.33. The van der Waals surface area contributed by atoms with Gasteiger partial charge in [-0.2, -0.15) is 0 Å². The van der Waals surface area contributed by atoms with E-state index in [1.54, 1.807) is 30.3 Å². The smallest absolute Gasteiger partial charge is 0.274 e. The van der Waals surface area contributed by atoms with Crippen LogP contribution in [0.1, 0.15) is 41.6 Å². The summed E-state index contributed by atoms with van der Waals surface area (Å²) in [5.74, 6) is -0.685. The molecule has 0 saturated heterocycles. The number of benzene rings is 1. The highest BCUT2D eigenvalue weighted by Gasteiger charge is 2.17. The van der Waals surface area contributed by atoms with Crippen LogP contribution in [0, 0.1) is 0 Å². The van der Waals surface area contributed by atoms with Gasteiger partial charge in [0.1, 0.15) is 5.69 Å². The van der Waals surface area contributed by atoms with Crippen molar-refractivity contribution < 1.29 is 9.59 Å². The van der Waals surface area contributed by atoms with Crippen LogP contribution in [0.4, 0.5) is 5.69 Å². The Morgan fingerprint density at radius 3 is 2.43 bits per heavy atom. The van der Waals surface area contributed by atoms with Gasteiger partial charge >= 0.3 is 0 Å². The van der Waals surface area contributed by atoms with Gasteiger partial charge in [0.2, 0.25) is 0 Å². The first-order valence-corrected chi connectivity index (χ1v) is 7.48. The number of carbonyl (C=O) groups is 2. The molecule has 0 radical (unpaired) electrons. The summed E-state index contributed by atoms with van der Waals surface area (Å²) in [6, 6.07) is 9.92. The summed E-state index contributed by atoms with van der Waals surface area (Å²) in [5, 5.41) is 5.95. The molecule has 0 fully saturated rings. The SMILES string of the molecule is CC(C)(C)NC(=O)c1ccnc(C(=O)Nc2ccccc2Cl)c1. The average Bonchev–Trinajstić information content (AvgIpc) is 2.48. The number of carbonyl (C=O) groups excluding carboxylic acids is 2. The molecule has 0 aliphatic carbocycles. The van der Waals surface area contributed by atoms with E-state index in [0.717, 1.165) is 0 Å². The molecule has 120 valence electrons. The first-order valence-electron chi connectivity index (χ1n) is 7.11. The van der Waals surface area contributed by atoms with Gasteiger partial charge in [0.25, 0.3) is 11.8 Å². The molecule has 2 N–H and O–H groups in total. The topological polar surface area (TPSA) is 71.1 Å². The molecule has 0 atom stereocenters. The maximum absolute atomic E-state index is 12.3. The highest BCUT2D eigenvalue weighted by Crippen LogP contribution is 2.21. The van der Waals surface area contributed by atoms with E-state index in [1.807, 2.05) is 20.8 Å². The Morgan fingerprint density at radius 2 is 1.78 bits per heavy atom. The fourth-order valence-corrected chi connectivity index (χ4v) is 2.04. The molecule has 1 heterocycles. The van der Waals surface area contributed by atoms with Crippen molar-refractivity contribution in [2.75, 3.05) is 5.32 Å². The molecule has 2 aromatic rings. The van der Waals surface area contributed by atoms with Gasteiger partial charge in [0.15, 0.2) is 0 Å². The Hall–Kier alpha value is -2.40. The monoisotopic (exact) mass is 331 g/mol. The number of nitrogens with zero attached hydrogens (tertiary/aromatic N) is 1. The summed E-state index contributed by atoms with van der Waals surface area (Å²) in [6.07, 6.45) is 1.43. The third-order valence-electron chi connectivity index (χ3n) is 2.87. The van der Waals surface area contributed by atoms with Crippen LogP contribution in [-0.2, 0) is 0 Å². The van der Waals surface area contributed by atoms with Crippen LogP contribution < -0.4 is 10.6 Å². The average molecular weight is 332 g/mol. The molecule has 0 aliphatic rings. The fraction of sp³-hybridized carbons (Fsp3) is 0.235. The fourth-order valence-electron chi connectivity index (χ4n) is 1.86. The van der Waals surface area contributed by atoms with E-state index in [1.165, 1.54) is 12.3 Å². The number of hydrogen-bond donors (Lipinski definition) is 2. The summed E-state index contributed by atoms with van der Waals surface area (Å²) in [7, 11) is 0. The standard InChI is InChI=1S/C17H18ClN3O2/c1-17(2,3)21-15(22)11-8-9-19-14(10-11)16(23)20-13-7-5-4-6-12(13)18/h4-10H,1-3H3,(H,20,23)(H,21,22). The second-order valence-electron chi connectivity index (χ2n) is 6.07. The van der Waals surface area contributed by atoms with E-state index in [9.17, 15) is 9.59 Å². The van der Waals surface area contributed by atoms with Gasteiger partial charge in [-0.1, -0.05) is 23.7 Å². The number of anilines is 1. The first-order chi connectivity index (χ1) is 10.8. The number of amides is 2. The van der Waals surface area contributed by atoms with Gasteiger partial charge in [-0.3, -0.25) is 14.6 Å². The van der Waals surface area contributed by atoms with Crippen molar-refractivity contribution in [3.8, 4) is 0 Å². The Labute approximate surface area is 140 Å². The number of hydrogen-bond acceptors (Lipinski definition) is 3. The van der Waals surface area contributed by atoms with E-state index in [0.29, 0.717) is 16.3 Å². The van der Waals surface area contributed by atoms with Crippen LogP contribution in [0.5, 0.6) is 0 Å². The number of halogens is 1. The minimum Gasteiger partial charge on any atom is -0.347 e. The molecule has 1 aromatic heterocycles. The lowest BCUT2D eigenvalue weighted by Crippen LogP contribution is -2.40. The van der Waals surface area contributed by atoms with Crippen LogP contribution in [0.2, 0.25) is 5.02 Å². The highest BCUT2D eigenvalue weighted by atomic mass is 35.5. The molecular weight excluding hydrogens is 314 g/mol. The number of rotatable bonds is 3. The second-order valence-corrected chi connectivity index (χ2v) is 6.48. The van der Waals surface area contributed by atoms with E-state index >= 15 is 0 Å². The van der Waals surface area contributed by atoms with Crippen LogP contribution in [0.25, 0.3) is 0 Å². The number of pyridine rings is 1. The van der Waals surface area contributed by atoms with Gasteiger partial charge < -0.3 is 10.6 Å². The molecule has 6 heteroatoms. The lowest BCUT2D eigenvalue weighted by molar-refractivity contribution is 0.0919. The Morgan fingerprint density at radius 1 is 1.09 bits per heavy atom. The van der Waals surface area contributed by atoms with E-state index in [-0.39, 0.29) is 17.1 Å². The number of para-hydroxylation sites is 1. The zero-order valence-electron chi connectivity index (χ0n) is 13.2. The zero-order valence-corrected chi connectivity index (χ0v) is 13.9. The Kier molecular flexibility index (Phi) is 5.01. The predicted molar refractivity (Wildman–Crippen MR) is 90.9 cm³/mol. The van der Waals surface area contributed by atoms with Crippen molar-refractivity contribution in [1.29, 1.82) is 0 Å². The summed E-state index contributed by atoms with van der Waals surface area (Å²) in [5.41, 5.74) is 0.650. The molecule has 0 unspecified atom stereocenters. The van der Waals surface area contributed by atoms with E-state index < -0.39 is 5.91 Å². The quantitative estimate of drug-likeness (QED) is 0.904. The largest absolute Gasteiger partial charge is 0.347 e. The van der Waals surface area contributed by atoms with Gasteiger partial charge in [0.05, 0.1) is 10.7 Å². The Bertz CT molecular complexity index is 739. The maximum atomic E-state index is 12.3. The predicted octanol–water partition coefficient (Wildman–Crippen LogP) is 3.52. The number of nitrogens with one attached hydrogen (secondary N) is 2. The van der Waals surface area contributed by atoms with Crippen molar-refractivity contribution in [2.24, 2.45) is 0 Å². The van der Waals surface area contributed by atoms with Crippen molar-refractivity contribution in [2.45, 2.75) is 26.3 Å². The molecule has 0 aliphatic heterocycles. The second kappa shape index (κ2) is 6.79. The Balaban J connectivity index is 2.18. The lowest BCUT2D eigenvalue weighted by atomic mass is 10.1. The molecule has 0 spiro atoms. The van der Waals surface area contributed by atoms with E-state index in [4.69, 9.17) is 11.6 Å². The van der Waals surface area contributed by atoms with Crippen LogP contribution in [0.15, 0.2) is 42.6 Å². The van der Waals surface area contributed by atoms with Crippen molar-refractivity contribution >= 4 is 29.1 Å². The van der Waals surface area contributed by atoms with Crippen LogP contribution in [0.3, 0.4) is 0 Å². The molecule has 0 bridgehead atoms. The third kappa shape index (κ3) is 4.79. The molecule has 2 amide bonds. The van der Waals surface area contributed by atoms with Crippen molar-refractivity contribution in [3.05, 3.63) is 58.9 Å². The minimum absolute atomic E-state index is 0.145. The molecule has 2 rings (SSSR count). The maximum Gasteiger partial charge on any atom is 0.274 e. The van der Waals surface area contributed by atoms with E-state index in [2.05, 4.69) is 15.6 Å². The van der Waals surface area contributed by atoms with Crippen molar-refractivity contribution in [1.82, 2.24) is 10.3 Å². The molecule has 23 heavy (non-hydrogen) atoms. The summed E-state index contributed by atoms with van der Waals surface area (Å²) in [4.78, 5) is 28.4. The normalized spacial score (nSPS) is 11.0. The van der Waals surface area contributed by atoms with Gasteiger partial charge in [0, 0.05) is 17.3 Å². The zero-order chi connectivity index (χ0) is 17.0. The summed E-state index contributed by atoms with van der Waals surface area (Å²) in [6.45, 7) is 5.66. The summed E-state index contributed by atoms with van der Waals surface area (Å²) < 4.78 is 0. The van der Waals surface area contributed by atoms with Crippen LogP contribution >= 0.6 is 11.6 Å². The molecular formula is C17H18ClN3O2. The first kappa shape index (κ1) is 17.0. The third-order valence-corrected chi connectivity index (χ3v) is 3.19.